The van der Waals surface area contributed by atoms with Crippen molar-refractivity contribution in [3.05, 3.63) is 23.9 Å². The van der Waals surface area contributed by atoms with Gasteiger partial charge in [-0.05, 0) is 44.2 Å². The van der Waals surface area contributed by atoms with Crippen molar-refractivity contribution in [2.75, 3.05) is 13.2 Å². The van der Waals surface area contributed by atoms with Crippen LogP contribution in [0.5, 0.6) is 5.88 Å². The van der Waals surface area contributed by atoms with Gasteiger partial charge in [-0.25, -0.2) is 9.59 Å². The molecule has 1 fully saturated rings. The maximum atomic E-state index is 9.55. The fourth-order valence-electron chi connectivity index (χ4n) is 3.73. The van der Waals surface area contributed by atoms with E-state index >= 15 is 0 Å². The number of aromatic nitrogens is 2. The van der Waals surface area contributed by atoms with Crippen molar-refractivity contribution in [3.63, 3.8) is 0 Å². The van der Waals surface area contributed by atoms with Gasteiger partial charge >= 0.3 is 11.9 Å². The van der Waals surface area contributed by atoms with Crippen molar-refractivity contribution in [2.24, 2.45) is 5.92 Å². The van der Waals surface area contributed by atoms with Crippen molar-refractivity contribution in [1.82, 2.24) is 14.1 Å². The second-order valence-electron chi connectivity index (χ2n) is 7.55. The highest BCUT2D eigenvalue weighted by Gasteiger charge is 2.21. The van der Waals surface area contributed by atoms with Crippen LogP contribution in [0.15, 0.2) is 18.2 Å². The molecular weight excluding hydrogens is 406 g/mol. The number of hydrogen-bond acceptors (Lipinski definition) is 7. The molecule has 2 aliphatic rings. The Hall–Kier alpha value is -2.26. The normalized spacial score (nSPS) is 19.6. The highest BCUT2D eigenvalue weighted by Crippen LogP contribution is 2.30. The van der Waals surface area contributed by atoms with Crippen molar-refractivity contribution >= 4 is 29.2 Å². The Labute approximate surface area is 181 Å². The number of carboxylic acid groups (broad SMARTS) is 2. The van der Waals surface area contributed by atoms with Gasteiger partial charge in [0.25, 0.3) is 5.88 Å². The lowest BCUT2D eigenvalue weighted by Gasteiger charge is -2.22. The van der Waals surface area contributed by atoms with Crippen LogP contribution in [0.3, 0.4) is 0 Å². The number of aliphatic carboxylic acids is 2. The maximum absolute atomic E-state index is 9.55. The average molecular weight is 438 g/mol. The predicted molar refractivity (Wildman–Crippen MR) is 116 cm³/mol. The second kappa shape index (κ2) is 13.1. The minimum Gasteiger partial charge on any atom is -0.478 e. The van der Waals surface area contributed by atoms with Crippen LogP contribution in [0.25, 0.3) is 5.57 Å². The number of hydrogen-bond donors (Lipinski definition) is 3. The van der Waals surface area contributed by atoms with Gasteiger partial charge in [0.1, 0.15) is 5.69 Å². The largest absolute Gasteiger partial charge is 0.478 e. The molecule has 1 unspecified atom stereocenters. The Morgan fingerprint density at radius 1 is 1.20 bits per heavy atom. The Morgan fingerprint density at radius 2 is 1.90 bits per heavy atom. The van der Waals surface area contributed by atoms with Crippen LogP contribution in [0, 0.1) is 5.92 Å². The lowest BCUT2D eigenvalue weighted by Crippen LogP contribution is -2.31. The van der Waals surface area contributed by atoms with E-state index in [1.54, 1.807) is 0 Å². The molecule has 9 heteroatoms. The molecule has 0 spiro atoms. The van der Waals surface area contributed by atoms with Gasteiger partial charge in [0.15, 0.2) is 0 Å². The molecule has 3 rings (SSSR count). The first-order valence-electron chi connectivity index (χ1n) is 10.5. The van der Waals surface area contributed by atoms with Crippen molar-refractivity contribution in [1.29, 1.82) is 0 Å². The minimum atomic E-state index is -1.26. The van der Waals surface area contributed by atoms with Gasteiger partial charge in [0, 0.05) is 18.2 Å². The summed E-state index contributed by atoms with van der Waals surface area (Å²) in [4.78, 5) is 19.1. The summed E-state index contributed by atoms with van der Waals surface area (Å²) in [7, 11) is 0. The van der Waals surface area contributed by atoms with Gasteiger partial charge in [-0.2, -0.15) is 4.37 Å². The summed E-state index contributed by atoms with van der Waals surface area (Å²) in [5.74, 6) is -0.856. The van der Waals surface area contributed by atoms with Crippen LogP contribution in [0.1, 0.15) is 64.0 Å². The van der Waals surface area contributed by atoms with Crippen LogP contribution in [0.2, 0.25) is 0 Å². The molecule has 1 saturated carbocycles. The summed E-state index contributed by atoms with van der Waals surface area (Å²) in [6.07, 6.45) is 14.0. The lowest BCUT2D eigenvalue weighted by atomic mass is 9.86. The third kappa shape index (κ3) is 8.62. The topological polar surface area (TPSA) is 122 Å². The van der Waals surface area contributed by atoms with E-state index in [-0.39, 0.29) is 0 Å². The molecule has 166 valence electrons. The highest BCUT2D eigenvalue weighted by atomic mass is 32.1. The van der Waals surface area contributed by atoms with Gasteiger partial charge < -0.3 is 20.3 Å². The summed E-state index contributed by atoms with van der Waals surface area (Å²) in [6, 6.07) is 0.335. The summed E-state index contributed by atoms with van der Waals surface area (Å²) < 4.78 is 14.7. The Kier molecular flexibility index (Phi) is 10.5. The Balaban J connectivity index is 0.000000343. The summed E-state index contributed by atoms with van der Waals surface area (Å²) in [6.45, 7) is 3.99. The number of carbonyl (C=O) groups is 2. The molecule has 0 saturated heterocycles. The van der Waals surface area contributed by atoms with E-state index in [0.717, 1.165) is 43.5 Å². The van der Waals surface area contributed by atoms with Gasteiger partial charge in [-0.15, -0.1) is 4.37 Å². The standard InChI is InChI=1S/C17H27N3OS.C4H4O4/c1-13-15(10-5-11-18-13)16-17(20-22-19-16)21-12-6-9-14-7-3-2-4-8-14;5-3(6)1-2-4(7)8/h10,13-14,18H,2-9,11-12H2,1H3;1-2H,(H,5,6)(H,7,8)/b;2-1+. The predicted octanol–water partition coefficient (Wildman–Crippen LogP) is 3.75. The average Bonchev–Trinajstić information content (AvgIpc) is 3.19. The van der Waals surface area contributed by atoms with E-state index in [2.05, 4.69) is 27.1 Å². The quantitative estimate of drug-likeness (QED) is 0.415. The van der Waals surface area contributed by atoms with Gasteiger partial charge in [-0.3, -0.25) is 0 Å². The third-order valence-electron chi connectivity index (χ3n) is 5.25. The number of ether oxygens (including phenoxy) is 1. The maximum Gasteiger partial charge on any atom is 0.328 e. The minimum absolute atomic E-state index is 0.335. The van der Waals surface area contributed by atoms with Gasteiger partial charge in [0.05, 0.1) is 18.3 Å². The fourth-order valence-corrected chi connectivity index (χ4v) is 4.25. The molecule has 1 aromatic rings. The monoisotopic (exact) mass is 437 g/mol. The second-order valence-corrected chi connectivity index (χ2v) is 8.07. The number of nitrogens with zero attached hydrogens (tertiary/aromatic N) is 2. The summed E-state index contributed by atoms with van der Waals surface area (Å²) in [5, 5.41) is 19.1. The molecule has 0 amide bonds. The van der Waals surface area contributed by atoms with Crippen molar-refractivity contribution < 1.29 is 24.5 Å². The zero-order chi connectivity index (χ0) is 21.8. The van der Waals surface area contributed by atoms with E-state index in [1.807, 2.05) is 0 Å². The fraction of sp³-hybridized carbons (Fsp3) is 0.619. The Bertz CT molecular complexity index is 725. The van der Waals surface area contributed by atoms with E-state index < -0.39 is 11.9 Å². The van der Waals surface area contributed by atoms with E-state index in [0.29, 0.717) is 18.2 Å². The van der Waals surface area contributed by atoms with Crippen LogP contribution >= 0.6 is 11.7 Å². The first kappa shape index (κ1) is 24.0. The molecule has 1 aromatic heterocycles. The SMILES string of the molecule is CC1NCCC=C1c1nsnc1OCCCC1CCCCC1.O=C(O)/C=C/C(=O)O. The molecule has 0 radical (unpaired) electrons. The highest BCUT2D eigenvalue weighted by molar-refractivity contribution is 6.99. The van der Waals surface area contributed by atoms with Gasteiger partial charge in [-0.1, -0.05) is 38.2 Å². The zero-order valence-electron chi connectivity index (χ0n) is 17.4. The molecular formula is C21H31N3O5S. The third-order valence-corrected chi connectivity index (χ3v) is 5.76. The van der Waals surface area contributed by atoms with Crippen LogP contribution in [0.4, 0.5) is 0 Å². The molecule has 2 heterocycles. The van der Waals surface area contributed by atoms with E-state index in [4.69, 9.17) is 14.9 Å². The number of rotatable bonds is 8. The lowest BCUT2D eigenvalue weighted by molar-refractivity contribution is -0.134. The van der Waals surface area contributed by atoms with Crippen molar-refractivity contribution in [2.45, 2.75) is 64.3 Å². The summed E-state index contributed by atoms with van der Waals surface area (Å²) >= 11 is 1.25. The molecule has 1 atom stereocenters. The smallest absolute Gasteiger partial charge is 0.328 e. The van der Waals surface area contributed by atoms with Gasteiger partial charge in [0.2, 0.25) is 0 Å². The summed E-state index contributed by atoms with van der Waals surface area (Å²) in [5.41, 5.74) is 2.18. The van der Waals surface area contributed by atoms with E-state index in [9.17, 15) is 9.59 Å². The van der Waals surface area contributed by atoms with Crippen molar-refractivity contribution in [3.8, 4) is 5.88 Å². The molecule has 1 aliphatic carbocycles. The zero-order valence-corrected chi connectivity index (χ0v) is 18.2. The first-order chi connectivity index (χ1) is 14.5. The molecule has 8 nitrogen and oxygen atoms in total. The van der Waals surface area contributed by atoms with Crippen LogP contribution < -0.4 is 10.1 Å². The molecule has 3 N–H and O–H groups in total. The first-order valence-corrected chi connectivity index (χ1v) is 11.2. The van der Waals surface area contributed by atoms with E-state index in [1.165, 1.54) is 55.8 Å². The number of carboxylic acids is 2. The molecule has 30 heavy (non-hydrogen) atoms. The molecule has 1 aliphatic heterocycles. The van der Waals surface area contributed by atoms with Crippen LogP contribution in [-0.2, 0) is 9.59 Å². The number of nitrogens with one attached hydrogen (secondary N) is 1. The Morgan fingerprint density at radius 3 is 2.53 bits per heavy atom. The molecule has 0 bridgehead atoms. The van der Waals surface area contributed by atoms with Crippen LogP contribution in [-0.4, -0.2) is 50.1 Å². The molecule has 0 aromatic carbocycles.